The molecule has 0 saturated carbocycles. The summed E-state index contributed by atoms with van der Waals surface area (Å²) in [5.41, 5.74) is 2.55. The first kappa shape index (κ1) is 19.3. The van der Waals surface area contributed by atoms with Gasteiger partial charge in [-0.1, -0.05) is 18.2 Å². The number of aromatic nitrogens is 2. The summed E-state index contributed by atoms with van der Waals surface area (Å²) in [6.45, 7) is 4.21. The fraction of sp³-hybridized carbons (Fsp3) is 0.333. The van der Waals surface area contributed by atoms with Crippen molar-refractivity contribution in [3.05, 3.63) is 56.4 Å². The van der Waals surface area contributed by atoms with Gasteiger partial charge in [0.25, 0.3) is 5.56 Å². The van der Waals surface area contributed by atoms with Gasteiger partial charge in [0.05, 0.1) is 12.5 Å². The Morgan fingerprint density at radius 1 is 1.24 bits per heavy atom. The molecule has 3 aromatic rings. The van der Waals surface area contributed by atoms with Gasteiger partial charge in [-0.15, -0.1) is 11.3 Å². The van der Waals surface area contributed by atoms with Crippen molar-refractivity contribution in [2.24, 2.45) is 0 Å². The minimum Gasteiger partial charge on any atom is -0.469 e. The van der Waals surface area contributed by atoms with Crippen molar-refractivity contribution in [2.45, 2.75) is 33.2 Å². The molecule has 0 spiro atoms. The summed E-state index contributed by atoms with van der Waals surface area (Å²) in [4.78, 5) is 46.0. The van der Waals surface area contributed by atoms with Crippen molar-refractivity contribution in [1.29, 1.82) is 0 Å². The number of rotatable bonds is 4. The lowest BCUT2D eigenvalue weighted by Crippen LogP contribution is -2.37. The second-order valence-corrected chi connectivity index (χ2v) is 8.26. The number of para-hydroxylation sites is 1. The van der Waals surface area contributed by atoms with E-state index >= 15 is 0 Å². The molecule has 1 aromatic carbocycles. The molecule has 150 valence electrons. The first-order valence-corrected chi connectivity index (χ1v) is 10.2. The summed E-state index contributed by atoms with van der Waals surface area (Å²) in [6.07, 6.45) is 0.619. The van der Waals surface area contributed by atoms with Crippen LogP contribution in [0, 0.1) is 13.8 Å². The summed E-state index contributed by atoms with van der Waals surface area (Å²) < 4.78 is 6.08. The third kappa shape index (κ3) is 3.33. The molecule has 3 heterocycles. The van der Waals surface area contributed by atoms with E-state index in [1.807, 2.05) is 38.1 Å². The number of hydrogen-bond acceptors (Lipinski definition) is 6. The Balaban J connectivity index is 1.77. The maximum absolute atomic E-state index is 13.3. The molecule has 7 nitrogen and oxygen atoms in total. The summed E-state index contributed by atoms with van der Waals surface area (Å²) in [5, 5.41) is 0.510. The quantitative estimate of drug-likeness (QED) is 0.616. The summed E-state index contributed by atoms with van der Waals surface area (Å²) in [7, 11) is 1.29. The molecule has 0 bridgehead atoms. The van der Waals surface area contributed by atoms with Crippen molar-refractivity contribution >= 4 is 39.1 Å². The second-order valence-electron chi connectivity index (χ2n) is 7.06. The van der Waals surface area contributed by atoms with Gasteiger partial charge < -0.3 is 9.64 Å². The van der Waals surface area contributed by atoms with Gasteiger partial charge in [0.2, 0.25) is 5.91 Å². The number of fused-ring (bicyclic) bond motifs is 2. The molecule has 2 aromatic heterocycles. The molecule has 0 radical (unpaired) electrons. The van der Waals surface area contributed by atoms with Crippen LogP contribution in [0.15, 0.2) is 29.1 Å². The Morgan fingerprint density at radius 3 is 2.76 bits per heavy atom. The van der Waals surface area contributed by atoms with Crippen LogP contribution >= 0.6 is 11.3 Å². The largest absolute Gasteiger partial charge is 0.469 e. The van der Waals surface area contributed by atoms with Gasteiger partial charge in [0.15, 0.2) is 0 Å². The topological polar surface area (TPSA) is 81.5 Å². The van der Waals surface area contributed by atoms with Crippen molar-refractivity contribution in [3.63, 3.8) is 0 Å². The van der Waals surface area contributed by atoms with Gasteiger partial charge in [-0.2, -0.15) is 0 Å². The number of carbonyl (C=O) groups is 2. The van der Waals surface area contributed by atoms with Crippen LogP contribution in [0.1, 0.15) is 21.8 Å². The molecule has 1 aliphatic rings. The summed E-state index contributed by atoms with van der Waals surface area (Å²) in [6, 6.07) is 7.75. The highest BCUT2D eigenvalue weighted by Crippen LogP contribution is 2.29. The molecule has 0 unspecified atom stereocenters. The van der Waals surface area contributed by atoms with E-state index in [2.05, 4.69) is 4.98 Å². The Kier molecular flexibility index (Phi) is 4.96. The number of methoxy groups -OCH3 is 1. The molecule has 4 rings (SSSR count). The molecular weight excluding hydrogens is 390 g/mol. The van der Waals surface area contributed by atoms with E-state index in [1.165, 1.54) is 23.0 Å². The van der Waals surface area contributed by atoms with Crippen molar-refractivity contribution in [3.8, 4) is 0 Å². The SMILES string of the molecule is COC(=O)Cc1nc2sc(C)c(C)c2c(=O)n1CC(=O)N1CCc2ccccc21. The number of esters is 1. The summed E-state index contributed by atoms with van der Waals surface area (Å²) in [5.74, 6) is -0.459. The molecule has 0 saturated heterocycles. The predicted octanol–water partition coefficient (Wildman–Crippen LogP) is 2.38. The Hall–Kier alpha value is -3.00. The number of amides is 1. The minimum atomic E-state index is -0.506. The first-order valence-electron chi connectivity index (χ1n) is 9.35. The normalized spacial score (nSPS) is 13.0. The smallest absolute Gasteiger partial charge is 0.313 e. The Morgan fingerprint density at radius 2 is 2.00 bits per heavy atom. The van der Waals surface area contributed by atoms with Gasteiger partial charge in [-0.3, -0.25) is 19.0 Å². The van der Waals surface area contributed by atoms with E-state index in [4.69, 9.17) is 4.74 Å². The number of anilines is 1. The molecule has 0 aliphatic carbocycles. The maximum atomic E-state index is 13.3. The first-order chi connectivity index (χ1) is 13.9. The van der Waals surface area contributed by atoms with E-state index in [0.29, 0.717) is 16.8 Å². The number of benzene rings is 1. The third-order valence-electron chi connectivity index (χ3n) is 5.38. The number of ether oxygens (including phenoxy) is 1. The number of hydrogen-bond donors (Lipinski definition) is 0. The number of aryl methyl sites for hydroxylation is 2. The fourth-order valence-corrected chi connectivity index (χ4v) is 4.73. The van der Waals surface area contributed by atoms with Gasteiger partial charge >= 0.3 is 5.97 Å². The zero-order chi connectivity index (χ0) is 20.7. The Bertz CT molecular complexity index is 1190. The molecule has 0 N–H and O–H groups in total. The monoisotopic (exact) mass is 411 g/mol. The van der Waals surface area contributed by atoms with Crippen LogP contribution in [0.5, 0.6) is 0 Å². The Labute approximate surface area is 171 Å². The number of thiophene rings is 1. The van der Waals surface area contributed by atoms with Crippen molar-refractivity contribution in [1.82, 2.24) is 9.55 Å². The van der Waals surface area contributed by atoms with Crippen LogP contribution < -0.4 is 10.5 Å². The zero-order valence-corrected chi connectivity index (χ0v) is 17.3. The highest BCUT2D eigenvalue weighted by atomic mass is 32.1. The van der Waals surface area contributed by atoms with E-state index in [9.17, 15) is 14.4 Å². The third-order valence-corrected chi connectivity index (χ3v) is 6.48. The lowest BCUT2D eigenvalue weighted by atomic mass is 10.2. The minimum absolute atomic E-state index is 0.165. The summed E-state index contributed by atoms with van der Waals surface area (Å²) >= 11 is 1.41. The molecule has 1 amide bonds. The van der Waals surface area contributed by atoms with Crippen molar-refractivity contribution in [2.75, 3.05) is 18.6 Å². The number of nitrogens with zero attached hydrogens (tertiary/aromatic N) is 3. The molecule has 29 heavy (non-hydrogen) atoms. The predicted molar refractivity (Wildman–Crippen MR) is 112 cm³/mol. The van der Waals surface area contributed by atoms with E-state index in [1.54, 1.807) is 4.90 Å². The lowest BCUT2D eigenvalue weighted by Gasteiger charge is -2.19. The second kappa shape index (κ2) is 7.44. The molecule has 8 heteroatoms. The van der Waals surface area contributed by atoms with E-state index in [-0.39, 0.29) is 30.3 Å². The average molecular weight is 411 g/mol. The lowest BCUT2D eigenvalue weighted by molar-refractivity contribution is -0.140. The standard InChI is InChI=1S/C21H21N3O4S/c1-12-13(2)29-20-19(12)21(27)24(16(22-20)10-18(26)28-3)11-17(25)23-9-8-14-6-4-5-7-15(14)23/h4-7H,8-11H2,1-3H3. The highest BCUT2D eigenvalue weighted by molar-refractivity contribution is 7.18. The van der Waals surface area contributed by atoms with E-state index in [0.717, 1.165) is 28.1 Å². The van der Waals surface area contributed by atoms with Gasteiger partial charge in [-0.05, 0) is 37.5 Å². The van der Waals surface area contributed by atoms with Gasteiger partial charge in [0.1, 0.15) is 23.6 Å². The van der Waals surface area contributed by atoms with Crippen LogP contribution in [0.3, 0.4) is 0 Å². The van der Waals surface area contributed by atoms with Crippen LogP contribution in [0.2, 0.25) is 0 Å². The molecule has 0 fully saturated rings. The molecule has 0 atom stereocenters. The maximum Gasteiger partial charge on any atom is 0.313 e. The average Bonchev–Trinajstić information content (AvgIpc) is 3.26. The van der Waals surface area contributed by atoms with Gasteiger partial charge in [0, 0.05) is 17.1 Å². The van der Waals surface area contributed by atoms with Crippen LogP contribution in [-0.2, 0) is 33.7 Å². The fourth-order valence-electron chi connectivity index (χ4n) is 3.69. The molecular formula is C21H21N3O4S. The van der Waals surface area contributed by atoms with Crippen LogP contribution in [-0.4, -0.2) is 35.1 Å². The van der Waals surface area contributed by atoms with E-state index < -0.39 is 5.97 Å². The highest BCUT2D eigenvalue weighted by Gasteiger charge is 2.26. The molecule has 1 aliphatic heterocycles. The van der Waals surface area contributed by atoms with Crippen molar-refractivity contribution < 1.29 is 14.3 Å². The van der Waals surface area contributed by atoms with Crippen LogP contribution in [0.4, 0.5) is 5.69 Å². The van der Waals surface area contributed by atoms with Gasteiger partial charge in [-0.25, -0.2) is 4.98 Å². The van der Waals surface area contributed by atoms with Crippen LogP contribution in [0.25, 0.3) is 10.2 Å². The zero-order valence-electron chi connectivity index (χ0n) is 16.5. The number of carbonyl (C=O) groups excluding carboxylic acids is 2.